The molecule has 2 unspecified atom stereocenters. The summed E-state index contributed by atoms with van der Waals surface area (Å²) in [5.41, 5.74) is 2.56. The highest BCUT2D eigenvalue weighted by Crippen LogP contribution is 2.34. The summed E-state index contributed by atoms with van der Waals surface area (Å²) >= 11 is 6.42. The second-order valence-corrected chi connectivity index (χ2v) is 10.0. The average Bonchev–Trinajstić information content (AvgIpc) is 3.07. The Kier molecular flexibility index (Phi) is 7.42. The summed E-state index contributed by atoms with van der Waals surface area (Å²) in [5.74, 6) is -0.0400. The van der Waals surface area contributed by atoms with Crippen LogP contribution >= 0.6 is 11.6 Å². The number of hydrogen-bond acceptors (Lipinski definition) is 4. The van der Waals surface area contributed by atoms with Gasteiger partial charge in [0.2, 0.25) is 15.9 Å². The monoisotopic (exact) mass is 463 g/mol. The molecule has 0 aromatic heterocycles. The summed E-state index contributed by atoms with van der Waals surface area (Å²) in [6.07, 6.45) is 0.639. The van der Waals surface area contributed by atoms with Gasteiger partial charge in [0.1, 0.15) is 0 Å². The van der Waals surface area contributed by atoms with Crippen molar-refractivity contribution in [3.8, 4) is 0 Å². The van der Waals surface area contributed by atoms with Crippen molar-refractivity contribution in [3.05, 3.63) is 58.6 Å². The van der Waals surface area contributed by atoms with Crippen molar-refractivity contribution in [2.45, 2.75) is 51.1 Å². The van der Waals surface area contributed by atoms with E-state index >= 15 is 0 Å². The zero-order valence-corrected chi connectivity index (χ0v) is 20.0. The maximum Gasteiger partial charge on any atom is 0.240 e. The van der Waals surface area contributed by atoms with E-state index in [1.165, 1.54) is 6.92 Å². The van der Waals surface area contributed by atoms with Crippen molar-refractivity contribution in [2.75, 3.05) is 24.5 Å². The quantitative estimate of drug-likeness (QED) is 0.642. The number of hydrogen-bond donors (Lipinski definition) is 1. The number of benzene rings is 2. The van der Waals surface area contributed by atoms with Crippen molar-refractivity contribution in [1.82, 2.24) is 9.62 Å². The van der Waals surface area contributed by atoms with Gasteiger partial charge in [-0.25, -0.2) is 13.1 Å². The first-order valence-electron chi connectivity index (χ1n) is 10.6. The van der Waals surface area contributed by atoms with Crippen LogP contribution in [0.15, 0.2) is 47.4 Å². The van der Waals surface area contributed by atoms with E-state index in [1.807, 2.05) is 45.0 Å². The summed E-state index contributed by atoms with van der Waals surface area (Å²) in [7, 11) is -3.73. The van der Waals surface area contributed by atoms with E-state index < -0.39 is 10.0 Å². The number of carbonyl (C=O) groups is 1. The fourth-order valence-corrected chi connectivity index (χ4v) is 5.72. The van der Waals surface area contributed by atoms with E-state index in [2.05, 4.69) is 9.62 Å². The lowest BCUT2D eigenvalue weighted by Crippen LogP contribution is -2.38. The maximum atomic E-state index is 13.1. The second kappa shape index (κ2) is 9.69. The number of sulfonamides is 1. The molecule has 1 aliphatic rings. The summed E-state index contributed by atoms with van der Waals surface area (Å²) in [4.78, 5) is 16.0. The molecule has 0 bridgehead atoms. The molecule has 0 saturated carbocycles. The van der Waals surface area contributed by atoms with Crippen LogP contribution in [0.2, 0.25) is 5.02 Å². The van der Waals surface area contributed by atoms with Crippen LogP contribution in [0.4, 0.5) is 5.69 Å². The molecule has 1 aliphatic heterocycles. The lowest BCUT2D eigenvalue weighted by molar-refractivity contribution is -0.116. The number of fused-ring (bicyclic) bond motifs is 1. The lowest BCUT2D eigenvalue weighted by atomic mass is 10.1. The number of carbonyl (C=O) groups excluding carboxylic acids is 1. The Morgan fingerprint density at radius 3 is 2.52 bits per heavy atom. The molecule has 8 heteroatoms. The highest BCUT2D eigenvalue weighted by atomic mass is 35.5. The van der Waals surface area contributed by atoms with Crippen molar-refractivity contribution in [3.63, 3.8) is 0 Å². The van der Waals surface area contributed by atoms with Crippen LogP contribution in [-0.2, 0) is 21.2 Å². The highest BCUT2D eigenvalue weighted by molar-refractivity contribution is 7.89. The molecule has 31 heavy (non-hydrogen) atoms. The molecule has 0 fully saturated rings. The molecular formula is C23H30ClN3O3S. The number of nitrogens with zero attached hydrogens (tertiary/aromatic N) is 2. The minimum Gasteiger partial charge on any atom is -0.309 e. The van der Waals surface area contributed by atoms with E-state index in [-0.39, 0.29) is 29.4 Å². The fraction of sp³-hybridized carbons (Fsp3) is 0.435. The molecule has 0 radical (unpaired) electrons. The Bertz CT molecular complexity index is 1050. The molecule has 1 heterocycles. The minimum atomic E-state index is -3.73. The first kappa shape index (κ1) is 23.7. The summed E-state index contributed by atoms with van der Waals surface area (Å²) in [6, 6.07) is 12.4. The van der Waals surface area contributed by atoms with Crippen molar-refractivity contribution in [1.29, 1.82) is 0 Å². The van der Waals surface area contributed by atoms with Crippen LogP contribution < -0.4 is 9.62 Å². The molecule has 0 saturated heterocycles. The number of amides is 1. The second-order valence-electron chi connectivity index (χ2n) is 7.84. The smallest absolute Gasteiger partial charge is 0.240 e. The fourth-order valence-electron chi connectivity index (χ4n) is 4.37. The van der Waals surface area contributed by atoms with Crippen LogP contribution in [-0.4, -0.2) is 44.9 Å². The van der Waals surface area contributed by atoms with Gasteiger partial charge in [0.15, 0.2) is 0 Å². The van der Waals surface area contributed by atoms with Gasteiger partial charge in [-0.1, -0.05) is 43.6 Å². The molecule has 2 aromatic rings. The predicted octanol–water partition coefficient (Wildman–Crippen LogP) is 4.00. The number of halogens is 1. The molecule has 1 N–H and O–H groups in total. The van der Waals surface area contributed by atoms with Crippen LogP contribution in [0.1, 0.15) is 44.9 Å². The largest absolute Gasteiger partial charge is 0.309 e. The average molecular weight is 464 g/mol. The Morgan fingerprint density at radius 1 is 1.23 bits per heavy atom. The third-order valence-electron chi connectivity index (χ3n) is 5.90. The number of anilines is 1. The van der Waals surface area contributed by atoms with E-state index in [1.54, 1.807) is 23.1 Å². The molecule has 2 atom stereocenters. The third kappa shape index (κ3) is 4.95. The van der Waals surface area contributed by atoms with E-state index in [4.69, 9.17) is 11.6 Å². The summed E-state index contributed by atoms with van der Waals surface area (Å²) in [6.45, 7) is 9.33. The molecule has 3 rings (SSSR count). The molecule has 2 aromatic carbocycles. The van der Waals surface area contributed by atoms with Gasteiger partial charge in [-0.3, -0.25) is 9.69 Å². The molecule has 0 spiro atoms. The van der Waals surface area contributed by atoms with Gasteiger partial charge in [-0.15, -0.1) is 0 Å². The molecule has 1 amide bonds. The highest BCUT2D eigenvalue weighted by Gasteiger charge is 2.30. The zero-order chi connectivity index (χ0) is 22.8. The molecular weight excluding hydrogens is 434 g/mol. The van der Waals surface area contributed by atoms with Crippen LogP contribution in [0.5, 0.6) is 0 Å². The van der Waals surface area contributed by atoms with Crippen molar-refractivity contribution >= 4 is 33.2 Å². The maximum absolute atomic E-state index is 13.1. The normalized spacial score (nSPS) is 17.1. The van der Waals surface area contributed by atoms with Gasteiger partial charge in [-0.2, -0.15) is 0 Å². The van der Waals surface area contributed by atoms with E-state index in [9.17, 15) is 13.2 Å². The zero-order valence-electron chi connectivity index (χ0n) is 18.4. The van der Waals surface area contributed by atoms with E-state index in [0.29, 0.717) is 11.4 Å². The first-order chi connectivity index (χ1) is 14.7. The predicted molar refractivity (Wildman–Crippen MR) is 125 cm³/mol. The standard InChI is InChI=1S/C23H30ClN3O3S/c1-5-26(6-2)23(20-9-7-8-10-21(20)24)15-25-31(29,30)19-11-12-22-18(14-19)13-16(3)27(22)17(4)28/h7-12,14,16,23,25H,5-6,13,15H2,1-4H3. The minimum absolute atomic E-state index is 0.0192. The Labute approximate surface area is 190 Å². The van der Waals surface area contributed by atoms with Gasteiger partial charge in [-0.05, 0) is 61.8 Å². The number of nitrogens with one attached hydrogen (secondary N) is 1. The van der Waals surface area contributed by atoms with Gasteiger partial charge >= 0.3 is 0 Å². The van der Waals surface area contributed by atoms with Gasteiger partial charge in [0, 0.05) is 36.3 Å². The van der Waals surface area contributed by atoms with Gasteiger partial charge < -0.3 is 4.90 Å². The molecule has 6 nitrogen and oxygen atoms in total. The Balaban J connectivity index is 1.85. The topological polar surface area (TPSA) is 69.7 Å². The first-order valence-corrected chi connectivity index (χ1v) is 12.5. The van der Waals surface area contributed by atoms with Crippen LogP contribution in [0.25, 0.3) is 0 Å². The van der Waals surface area contributed by atoms with Crippen LogP contribution in [0, 0.1) is 0 Å². The number of likely N-dealkylation sites (N-methyl/N-ethyl adjacent to an activating group) is 1. The molecule has 0 aliphatic carbocycles. The molecule has 168 valence electrons. The number of rotatable bonds is 8. The Hall–Kier alpha value is -1.93. The lowest BCUT2D eigenvalue weighted by Gasteiger charge is -2.30. The van der Waals surface area contributed by atoms with Crippen molar-refractivity contribution < 1.29 is 13.2 Å². The van der Waals surface area contributed by atoms with Gasteiger partial charge in [0.25, 0.3) is 0 Å². The Morgan fingerprint density at radius 2 is 1.90 bits per heavy atom. The SMILES string of the molecule is CCN(CC)C(CNS(=O)(=O)c1ccc2c(c1)CC(C)N2C(C)=O)c1ccccc1Cl. The summed E-state index contributed by atoms with van der Waals surface area (Å²) in [5, 5.41) is 0.620. The van der Waals surface area contributed by atoms with E-state index in [0.717, 1.165) is 29.9 Å². The van der Waals surface area contributed by atoms with Crippen LogP contribution in [0.3, 0.4) is 0 Å². The van der Waals surface area contributed by atoms with Crippen molar-refractivity contribution in [2.24, 2.45) is 0 Å². The van der Waals surface area contributed by atoms with Gasteiger partial charge in [0.05, 0.1) is 4.90 Å². The third-order valence-corrected chi connectivity index (χ3v) is 7.67. The summed E-state index contributed by atoms with van der Waals surface area (Å²) < 4.78 is 29.0.